The molecule has 3 rings (SSSR count). The van der Waals surface area contributed by atoms with Gasteiger partial charge in [0.15, 0.2) is 0 Å². The number of rotatable bonds is 4. The van der Waals surface area contributed by atoms with Crippen molar-refractivity contribution in [2.24, 2.45) is 11.7 Å². The van der Waals surface area contributed by atoms with Gasteiger partial charge in [-0.2, -0.15) is 0 Å². The first-order chi connectivity index (χ1) is 11.2. The summed E-state index contributed by atoms with van der Waals surface area (Å²) in [4.78, 5) is 18.9. The molecule has 1 saturated carbocycles. The predicted molar refractivity (Wildman–Crippen MR) is 89.0 cm³/mol. The number of carbonyl (C=O) groups is 1. The van der Waals surface area contributed by atoms with Crippen LogP contribution in [-0.2, 0) is 16.1 Å². The van der Waals surface area contributed by atoms with Gasteiger partial charge in [-0.05, 0) is 30.9 Å². The van der Waals surface area contributed by atoms with Crippen LogP contribution >= 0.6 is 0 Å². The molecule has 1 amide bonds. The summed E-state index contributed by atoms with van der Waals surface area (Å²) in [6.45, 7) is 3.79. The van der Waals surface area contributed by atoms with Crippen LogP contribution in [0.25, 0.3) is 0 Å². The average molecular weight is 318 g/mol. The number of anilines is 1. The van der Waals surface area contributed by atoms with Gasteiger partial charge in [0, 0.05) is 37.8 Å². The van der Waals surface area contributed by atoms with Crippen LogP contribution in [0.1, 0.15) is 31.2 Å². The predicted octanol–water partition coefficient (Wildman–Crippen LogP) is 1.05. The van der Waals surface area contributed by atoms with E-state index >= 15 is 0 Å². The molecule has 2 atom stereocenters. The number of nitrogens with zero attached hydrogens (tertiary/aromatic N) is 2. The number of nitrogens with two attached hydrogens (primary N) is 1. The molecule has 1 aliphatic carbocycles. The van der Waals surface area contributed by atoms with Gasteiger partial charge < -0.3 is 20.7 Å². The first-order valence-electron chi connectivity index (χ1n) is 8.53. The number of carbonyl (C=O) groups excluding carboxylic acids is 1. The molecule has 6 nitrogen and oxygen atoms in total. The first-order valence-corrected chi connectivity index (χ1v) is 8.53. The largest absolute Gasteiger partial charge is 0.378 e. The Bertz CT molecular complexity index is 514. The summed E-state index contributed by atoms with van der Waals surface area (Å²) in [6.07, 6.45) is 5.69. The van der Waals surface area contributed by atoms with Crippen molar-refractivity contribution in [2.45, 2.75) is 38.3 Å². The fourth-order valence-corrected chi connectivity index (χ4v) is 3.30. The maximum Gasteiger partial charge on any atom is 0.223 e. The number of nitrogens with one attached hydrogen (secondary N) is 1. The Labute approximate surface area is 137 Å². The molecule has 1 aromatic heterocycles. The van der Waals surface area contributed by atoms with Gasteiger partial charge in [-0.3, -0.25) is 4.79 Å². The molecule has 0 spiro atoms. The van der Waals surface area contributed by atoms with Crippen LogP contribution in [0.3, 0.4) is 0 Å². The van der Waals surface area contributed by atoms with Gasteiger partial charge in [-0.1, -0.05) is 12.5 Å². The Morgan fingerprint density at radius 2 is 2.17 bits per heavy atom. The van der Waals surface area contributed by atoms with E-state index in [1.807, 2.05) is 18.3 Å². The van der Waals surface area contributed by atoms with E-state index in [1.165, 1.54) is 0 Å². The standard InChI is InChI=1S/C17H26N4O2/c18-15-3-1-2-14(10-15)17(22)20-12-13-4-5-16(19-11-13)21-6-8-23-9-7-21/h4-5,11,14-15H,1-3,6-10,12,18H2,(H,20,22). The van der Waals surface area contributed by atoms with Crippen LogP contribution in [0, 0.1) is 5.92 Å². The van der Waals surface area contributed by atoms with E-state index in [4.69, 9.17) is 10.5 Å². The Morgan fingerprint density at radius 1 is 1.35 bits per heavy atom. The van der Waals surface area contributed by atoms with E-state index in [2.05, 4.69) is 15.2 Å². The monoisotopic (exact) mass is 318 g/mol. The minimum Gasteiger partial charge on any atom is -0.378 e. The van der Waals surface area contributed by atoms with E-state index in [1.54, 1.807) is 0 Å². The van der Waals surface area contributed by atoms with Gasteiger partial charge >= 0.3 is 0 Å². The Hall–Kier alpha value is -1.66. The van der Waals surface area contributed by atoms with Gasteiger partial charge in [-0.25, -0.2) is 4.98 Å². The van der Waals surface area contributed by atoms with Gasteiger partial charge in [0.1, 0.15) is 5.82 Å². The van der Waals surface area contributed by atoms with E-state index < -0.39 is 0 Å². The van der Waals surface area contributed by atoms with Crippen molar-refractivity contribution in [3.63, 3.8) is 0 Å². The lowest BCUT2D eigenvalue weighted by molar-refractivity contribution is -0.126. The number of morpholine rings is 1. The highest BCUT2D eigenvalue weighted by Crippen LogP contribution is 2.23. The van der Waals surface area contributed by atoms with E-state index in [9.17, 15) is 4.79 Å². The quantitative estimate of drug-likeness (QED) is 0.867. The summed E-state index contributed by atoms with van der Waals surface area (Å²) in [6, 6.07) is 4.22. The summed E-state index contributed by atoms with van der Waals surface area (Å²) >= 11 is 0. The maximum atomic E-state index is 12.2. The molecule has 126 valence electrons. The van der Waals surface area contributed by atoms with Crippen LogP contribution in [0.2, 0.25) is 0 Å². The van der Waals surface area contributed by atoms with Crippen molar-refractivity contribution in [3.05, 3.63) is 23.9 Å². The molecule has 2 unspecified atom stereocenters. The second-order valence-electron chi connectivity index (χ2n) is 6.47. The third kappa shape index (κ3) is 4.42. The molecule has 1 aliphatic heterocycles. The summed E-state index contributed by atoms with van der Waals surface area (Å²) in [7, 11) is 0. The van der Waals surface area contributed by atoms with Crippen molar-refractivity contribution >= 4 is 11.7 Å². The van der Waals surface area contributed by atoms with Crippen molar-refractivity contribution in [2.75, 3.05) is 31.2 Å². The summed E-state index contributed by atoms with van der Waals surface area (Å²) < 4.78 is 5.35. The average Bonchev–Trinajstić information content (AvgIpc) is 2.61. The second kappa shape index (κ2) is 7.75. The fourth-order valence-electron chi connectivity index (χ4n) is 3.30. The summed E-state index contributed by atoms with van der Waals surface area (Å²) in [5.41, 5.74) is 6.98. The number of ether oxygens (including phenoxy) is 1. The molecule has 2 heterocycles. The number of amides is 1. The summed E-state index contributed by atoms with van der Waals surface area (Å²) in [5, 5.41) is 3.02. The Kier molecular flexibility index (Phi) is 5.46. The van der Waals surface area contributed by atoms with Crippen LogP contribution in [0.4, 0.5) is 5.82 Å². The van der Waals surface area contributed by atoms with Crippen molar-refractivity contribution in [1.29, 1.82) is 0 Å². The van der Waals surface area contributed by atoms with Gasteiger partial charge in [0.05, 0.1) is 13.2 Å². The molecule has 1 aromatic rings. The molecule has 6 heteroatoms. The third-order valence-corrected chi connectivity index (χ3v) is 4.70. The number of pyridine rings is 1. The lowest BCUT2D eigenvalue weighted by Gasteiger charge is -2.28. The first kappa shape index (κ1) is 16.2. The van der Waals surface area contributed by atoms with Crippen LogP contribution < -0.4 is 16.0 Å². The van der Waals surface area contributed by atoms with E-state index in [-0.39, 0.29) is 17.9 Å². The molecule has 2 aliphatic rings. The van der Waals surface area contributed by atoms with Crippen molar-refractivity contribution in [3.8, 4) is 0 Å². The van der Waals surface area contributed by atoms with Crippen molar-refractivity contribution in [1.82, 2.24) is 10.3 Å². The van der Waals surface area contributed by atoms with Crippen LogP contribution in [0.15, 0.2) is 18.3 Å². The van der Waals surface area contributed by atoms with E-state index in [0.717, 1.165) is 63.4 Å². The molecule has 3 N–H and O–H groups in total. The van der Waals surface area contributed by atoms with Gasteiger partial charge in [-0.15, -0.1) is 0 Å². The van der Waals surface area contributed by atoms with E-state index in [0.29, 0.717) is 6.54 Å². The molecule has 0 radical (unpaired) electrons. The number of aromatic nitrogens is 1. The zero-order valence-corrected chi connectivity index (χ0v) is 13.5. The smallest absolute Gasteiger partial charge is 0.223 e. The normalized spacial score (nSPS) is 25.2. The molecular weight excluding hydrogens is 292 g/mol. The highest BCUT2D eigenvalue weighted by atomic mass is 16.5. The second-order valence-corrected chi connectivity index (χ2v) is 6.47. The minimum absolute atomic E-state index is 0.0688. The highest BCUT2D eigenvalue weighted by molar-refractivity contribution is 5.78. The minimum atomic E-state index is 0.0688. The van der Waals surface area contributed by atoms with Crippen molar-refractivity contribution < 1.29 is 9.53 Å². The summed E-state index contributed by atoms with van der Waals surface area (Å²) in [5.74, 6) is 1.17. The molecular formula is C17H26N4O2. The third-order valence-electron chi connectivity index (χ3n) is 4.70. The highest BCUT2D eigenvalue weighted by Gasteiger charge is 2.25. The SMILES string of the molecule is NC1CCCC(C(=O)NCc2ccc(N3CCOCC3)nc2)C1. The van der Waals surface area contributed by atoms with Gasteiger partial charge in [0.25, 0.3) is 0 Å². The number of hydrogen-bond donors (Lipinski definition) is 2. The van der Waals surface area contributed by atoms with Crippen LogP contribution in [0.5, 0.6) is 0 Å². The molecule has 1 saturated heterocycles. The molecule has 23 heavy (non-hydrogen) atoms. The van der Waals surface area contributed by atoms with Crippen LogP contribution in [-0.4, -0.2) is 43.2 Å². The maximum absolute atomic E-state index is 12.2. The van der Waals surface area contributed by atoms with Gasteiger partial charge in [0.2, 0.25) is 5.91 Å². The topological polar surface area (TPSA) is 80.5 Å². The molecule has 0 aromatic carbocycles. The Balaban J connectivity index is 1.49. The fraction of sp³-hybridized carbons (Fsp3) is 0.647. The zero-order chi connectivity index (χ0) is 16.1. The molecule has 0 bridgehead atoms. The Morgan fingerprint density at radius 3 is 2.87 bits per heavy atom. The lowest BCUT2D eigenvalue weighted by Crippen LogP contribution is -2.37. The number of hydrogen-bond acceptors (Lipinski definition) is 5. The molecule has 2 fully saturated rings. The lowest BCUT2D eigenvalue weighted by atomic mass is 9.85. The zero-order valence-electron chi connectivity index (χ0n) is 13.5.